The van der Waals surface area contributed by atoms with Crippen molar-refractivity contribution in [2.45, 2.75) is 23.7 Å². The highest BCUT2D eigenvalue weighted by Gasteiger charge is 2.25. The number of ether oxygens (including phenoxy) is 1. The molecule has 1 aliphatic rings. The average molecular weight is 509 g/mol. The summed E-state index contributed by atoms with van der Waals surface area (Å²) in [6.45, 7) is 3.54. The third kappa shape index (κ3) is 4.27. The van der Waals surface area contributed by atoms with Crippen molar-refractivity contribution in [3.63, 3.8) is 0 Å². The summed E-state index contributed by atoms with van der Waals surface area (Å²) in [5.74, 6) is 0.616. The van der Waals surface area contributed by atoms with Gasteiger partial charge in [0.1, 0.15) is 18.9 Å². The van der Waals surface area contributed by atoms with Crippen molar-refractivity contribution in [3.8, 4) is 5.75 Å². The standard InChI is InChI=1S/C15H16IN3O5S2/c1-9-2-3-10(6-13(9)24-11-4-5-17-8-11)18-26(22,23)14-7-12(19(20)21)15(16)25-14/h2-3,6-7,11,17-18H,4-5,8H2,1H3/t11-/m1/s1. The van der Waals surface area contributed by atoms with E-state index >= 15 is 0 Å². The fourth-order valence-electron chi connectivity index (χ4n) is 2.50. The van der Waals surface area contributed by atoms with E-state index in [1.807, 2.05) is 6.92 Å². The van der Waals surface area contributed by atoms with E-state index in [2.05, 4.69) is 10.0 Å². The molecule has 0 spiro atoms. The van der Waals surface area contributed by atoms with E-state index in [-0.39, 0.29) is 16.0 Å². The molecule has 2 N–H and O–H groups in total. The number of nitrogens with one attached hydrogen (secondary N) is 2. The molecule has 0 aliphatic carbocycles. The predicted molar refractivity (Wildman–Crippen MR) is 108 cm³/mol. The Bertz CT molecular complexity index is 939. The highest BCUT2D eigenvalue weighted by Crippen LogP contribution is 2.34. The predicted octanol–water partition coefficient (Wildman–Crippen LogP) is 3.11. The van der Waals surface area contributed by atoms with Gasteiger partial charge in [-0.2, -0.15) is 0 Å². The summed E-state index contributed by atoms with van der Waals surface area (Å²) < 4.78 is 33.7. The number of rotatable bonds is 6. The van der Waals surface area contributed by atoms with E-state index in [0.29, 0.717) is 14.3 Å². The molecule has 140 valence electrons. The Balaban J connectivity index is 1.83. The van der Waals surface area contributed by atoms with Gasteiger partial charge in [-0.1, -0.05) is 6.07 Å². The van der Waals surface area contributed by atoms with Crippen molar-refractivity contribution in [1.29, 1.82) is 0 Å². The monoisotopic (exact) mass is 509 g/mol. The zero-order valence-electron chi connectivity index (χ0n) is 13.7. The summed E-state index contributed by atoms with van der Waals surface area (Å²) in [5, 5.41) is 14.1. The van der Waals surface area contributed by atoms with Gasteiger partial charge in [-0.25, -0.2) is 8.42 Å². The number of anilines is 1. The van der Waals surface area contributed by atoms with E-state index in [9.17, 15) is 18.5 Å². The molecule has 0 bridgehead atoms. The minimum atomic E-state index is -3.91. The van der Waals surface area contributed by atoms with E-state index in [4.69, 9.17) is 4.74 Å². The fourth-order valence-corrected chi connectivity index (χ4v) is 6.22. The number of hydrogen-bond acceptors (Lipinski definition) is 7. The molecular weight excluding hydrogens is 493 g/mol. The maximum atomic E-state index is 12.6. The second-order valence-electron chi connectivity index (χ2n) is 5.80. The third-order valence-corrected chi connectivity index (χ3v) is 7.84. The van der Waals surface area contributed by atoms with Crippen LogP contribution < -0.4 is 14.8 Å². The van der Waals surface area contributed by atoms with Crippen LogP contribution in [0.5, 0.6) is 5.75 Å². The molecule has 1 aromatic heterocycles. The summed E-state index contributed by atoms with van der Waals surface area (Å²) in [6, 6.07) is 6.12. The maximum absolute atomic E-state index is 12.6. The van der Waals surface area contributed by atoms with Gasteiger partial charge >= 0.3 is 0 Å². The van der Waals surface area contributed by atoms with Crippen molar-refractivity contribution in [3.05, 3.63) is 42.8 Å². The zero-order valence-corrected chi connectivity index (χ0v) is 17.5. The Morgan fingerprint density at radius 1 is 1.42 bits per heavy atom. The molecular formula is C15H16IN3O5S2. The van der Waals surface area contributed by atoms with E-state index in [1.165, 1.54) is 0 Å². The largest absolute Gasteiger partial charge is 0.489 e. The lowest BCUT2D eigenvalue weighted by Crippen LogP contribution is -2.20. The molecule has 0 saturated carbocycles. The molecule has 26 heavy (non-hydrogen) atoms. The minimum Gasteiger partial charge on any atom is -0.489 e. The third-order valence-electron chi connectivity index (χ3n) is 3.86. The normalized spacial score (nSPS) is 17.2. The Kier molecular flexibility index (Phi) is 5.69. The number of hydrogen-bond donors (Lipinski definition) is 2. The van der Waals surface area contributed by atoms with Crippen molar-refractivity contribution < 1.29 is 18.1 Å². The molecule has 0 amide bonds. The molecule has 2 heterocycles. The van der Waals surface area contributed by atoms with Gasteiger partial charge in [-0.05, 0) is 54.1 Å². The Hall–Kier alpha value is -1.44. The van der Waals surface area contributed by atoms with Gasteiger partial charge in [0.25, 0.3) is 15.7 Å². The van der Waals surface area contributed by atoms with Crippen LogP contribution in [0.1, 0.15) is 12.0 Å². The van der Waals surface area contributed by atoms with Gasteiger partial charge < -0.3 is 10.1 Å². The highest BCUT2D eigenvalue weighted by atomic mass is 127. The first-order valence-electron chi connectivity index (χ1n) is 7.71. The van der Waals surface area contributed by atoms with Crippen LogP contribution in [0.2, 0.25) is 0 Å². The molecule has 1 aromatic carbocycles. The van der Waals surface area contributed by atoms with Crippen molar-refractivity contribution in [2.24, 2.45) is 0 Å². The number of aryl methyl sites for hydroxylation is 1. The topological polar surface area (TPSA) is 111 Å². The maximum Gasteiger partial charge on any atom is 0.294 e. The lowest BCUT2D eigenvalue weighted by molar-refractivity contribution is -0.385. The minimum absolute atomic E-state index is 0.0575. The molecule has 1 atom stereocenters. The second kappa shape index (κ2) is 7.66. The van der Waals surface area contributed by atoms with Gasteiger partial charge in [-0.3, -0.25) is 14.8 Å². The van der Waals surface area contributed by atoms with Crippen LogP contribution in [0.15, 0.2) is 28.5 Å². The van der Waals surface area contributed by atoms with Crippen molar-refractivity contribution in [2.75, 3.05) is 17.8 Å². The van der Waals surface area contributed by atoms with Crippen LogP contribution in [-0.4, -0.2) is 32.5 Å². The molecule has 0 radical (unpaired) electrons. The van der Waals surface area contributed by atoms with Crippen LogP contribution in [0.25, 0.3) is 0 Å². The number of benzene rings is 1. The zero-order chi connectivity index (χ0) is 18.9. The quantitative estimate of drug-likeness (QED) is 0.352. The van der Waals surface area contributed by atoms with Crippen LogP contribution in [0.3, 0.4) is 0 Å². The van der Waals surface area contributed by atoms with Crippen molar-refractivity contribution in [1.82, 2.24) is 5.32 Å². The Labute approximate surface area is 168 Å². The number of halogens is 1. The van der Waals surface area contributed by atoms with Gasteiger partial charge in [0.2, 0.25) is 0 Å². The van der Waals surface area contributed by atoms with Gasteiger partial charge in [0, 0.05) is 18.7 Å². The first-order valence-corrected chi connectivity index (χ1v) is 11.1. The number of thiophene rings is 1. The van der Waals surface area contributed by atoms with E-state index < -0.39 is 14.9 Å². The second-order valence-corrected chi connectivity index (χ2v) is 10.6. The lowest BCUT2D eigenvalue weighted by atomic mass is 10.2. The van der Waals surface area contributed by atoms with Crippen LogP contribution in [-0.2, 0) is 10.0 Å². The molecule has 0 unspecified atom stereocenters. The van der Waals surface area contributed by atoms with Crippen LogP contribution in [0, 0.1) is 19.9 Å². The lowest BCUT2D eigenvalue weighted by Gasteiger charge is -2.16. The molecule has 1 aliphatic heterocycles. The molecule has 11 heteroatoms. The van der Waals surface area contributed by atoms with Crippen LogP contribution >= 0.6 is 33.9 Å². The Morgan fingerprint density at radius 3 is 2.81 bits per heavy atom. The summed E-state index contributed by atoms with van der Waals surface area (Å²) in [4.78, 5) is 10.3. The first-order chi connectivity index (χ1) is 12.3. The summed E-state index contributed by atoms with van der Waals surface area (Å²) in [7, 11) is -3.91. The fraction of sp³-hybridized carbons (Fsp3) is 0.333. The molecule has 1 fully saturated rings. The summed E-state index contributed by atoms with van der Waals surface area (Å²) in [6.07, 6.45) is 0.953. The summed E-state index contributed by atoms with van der Waals surface area (Å²) >= 11 is 2.62. The van der Waals surface area contributed by atoms with Gasteiger partial charge in [-0.15, -0.1) is 11.3 Å². The molecule has 2 aromatic rings. The van der Waals surface area contributed by atoms with Gasteiger partial charge in [0.05, 0.1) is 10.6 Å². The number of nitrogens with zero attached hydrogens (tertiary/aromatic N) is 1. The van der Waals surface area contributed by atoms with Crippen molar-refractivity contribution >= 4 is 55.3 Å². The highest BCUT2D eigenvalue weighted by molar-refractivity contribution is 14.1. The van der Waals surface area contributed by atoms with Crippen LogP contribution in [0.4, 0.5) is 11.4 Å². The van der Waals surface area contributed by atoms with E-state index in [1.54, 1.807) is 40.8 Å². The first kappa shape index (κ1) is 19.3. The molecule has 1 saturated heterocycles. The van der Waals surface area contributed by atoms with E-state index in [0.717, 1.165) is 42.5 Å². The molecule has 8 nitrogen and oxygen atoms in total. The average Bonchev–Trinajstić information content (AvgIpc) is 3.20. The van der Waals surface area contributed by atoms with Gasteiger partial charge in [0.15, 0.2) is 0 Å². The molecule has 3 rings (SSSR count). The smallest absolute Gasteiger partial charge is 0.294 e. The SMILES string of the molecule is Cc1ccc(NS(=O)(=O)c2cc([N+](=O)[O-])c(I)s2)cc1O[C@@H]1CCNC1. The number of sulfonamides is 1. The number of nitro groups is 1. The summed E-state index contributed by atoms with van der Waals surface area (Å²) in [5.41, 5.74) is 1.04. The Morgan fingerprint density at radius 2 is 2.19 bits per heavy atom.